The molecule has 1 fully saturated rings. The van der Waals surface area contributed by atoms with E-state index in [0.29, 0.717) is 19.1 Å². The number of rotatable bonds is 8. The highest BCUT2D eigenvalue weighted by Crippen LogP contribution is 2.14. The van der Waals surface area contributed by atoms with Gasteiger partial charge in [0.05, 0.1) is 19.3 Å². The molecule has 1 aliphatic rings. The Labute approximate surface area is 146 Å². The van der Waals surface area contributed by atoms with Gasteiger partial charge in [0.25, 0.3) is 0 Å². The van der Waals surface area contributed by atoms with Gasteiger partial charge in [0.1, 0.15) is 0 Å². The third-order valence-electron chi connectivity index (χ3n) is 4.43. The van der Waals surface area contributed by atoms with Crippen LogP contribution in [0, 0.1) is 0 Å². The molecule has 2 rings (SSSR count). The van der Waals surface area contributed by atoms with Crippen LogP contribution in [0.15, 0.2) is 30.3 Å². The maximum atomic E-state index is 10.1. The molecular formula is C18H31ClN2O2. The van der Waals surface area contributed by atoms with Gasteiger partial charge in [-0.3, -0.25) is 4.90 Å². The predicted molar refractivity (Wildman–Crippen MR) is 97.5 cm³/mol. The third-order valence-corrected chi connectivity index (χ3v) is 4.43. The number of β-amino-alcohol motifs (C(OH)–C–C–N with tert-alkyl or cyclic N) is 1. The van der Waals surface area contributed by atoms with Crippen molar-refractivity contribution in [2.75, 3.05) is 52.5 Å². The van der Waals surface area contributed by atoms with Crippen molar-refractivity contribution in [3.05, 3.63) is 35.9 Å². The van der Waals surface area contributed by atoms with Crippen molar-refractivity contribution in [3.63, 3.8) is 0 Å². The van der Waals surface area contributed by atoms with Crippen molar-refractivity contribution in [3.8, 4) is 0 Å². The molecule has 0 radical (unpaired) electrons. The molecule has 1 aliphatic heterocycles. The molecule has 132 valence electrons. The molecule has 0 spiro atoms. The van der Waals surface area contributed by atoms with E-state index in [0.717, 1.165) is 39.3 Å². The molecule has 5 heteroatoms. The van der Waals surface area contributed by atoms with Crippen molar-refractivity contribution in [1.29, 1.82) is 0 Å². The standard InChI is InChI=1S/C18H30N2O2.ClH/c1-3-19-9-11-20(12-10-19)13-18(21)15-22-14-16(2)17-7-5-4-6-8-17;/h4-8,16,18,21H,3,9-15H2,1-2H3;1H. The predicted octanol–water partition coefficient (Wildman–Crippen LogP) is 2.23. The number of nitrogens with zero attached hydrogens (tertiary/aromatic N) is 2. The van der Waals surface area contributed by atoms with Gasteiger partial charge in [-0.1, -0.05) is 44.2 Å². The summed E-state index contributed by atoms with van der Waals surface area (Å²) in [6.07, 6.45) is -0.392. The highest BCUT2D eigenvalue weighted by molar-refractivity contribution is 5.85. The normalized spacial score (nSPS) is 19.1. The molecule has 1 aromatic rings. The zero-order chi connectivity index (χ0) is 15.8. The summed E-state index contributed by atoms with van der Waals surface area (Å²) < 4.78 is 5.71. The molecule has 0 saturated carbocycles. The van der Waals surface area contributed by atoms with E-state index in [4.69, 9.17) is 4.74 Å². The number of ether oxygens (including phenoxy) is 1. The molecule has 23 heavy (non-hydrogen) atoms. The van der Waals surface area contributed by atoms with E-state index in [1.165, 1.54) is 5.56 Å². The minimum atomic E-state index is -0.392. The highest BCUT2D eigenvalue weighted by Gasteiger charge is 2.18. The number of hydrogen-bond donors (Lipinski definition) is 1. The zero-order valence-electron chi connectivity index (χ0n) is 14.4. The summed E-state index contributed by atoms with van der Waals surface area (Å²) in [6, 6.07) is 10.4. The summed E-state index contributed by atoms with van der Waals surface area (Å²) >= 11 is 0. The van der Waals surface area contributed by atoms with E-state index in [-0.39, 0.29) is 12.4 Å². The van der Waals surface area contributed by atoms with E-state index in [2.05, 4.69) is 47.9 Å². The number of piperazine rings is 1. The number of aliphatic hydroxyl groups is 1. The quantitative estimate of drug-likeness (QED) is 0.786. The second-order valence-electron chi connectivity index (χ2n) is 6.24. The number of halogens is 1. The topological polar surface area (TPSA) is 35.9 Å². The summed E-state index contributed by atoms with van der Waals surface area (Å²) in [5.41, 5.74) is 1.28. The molecule has 4 nitrogen and oxygen atoms in total. The molecule has 0 bridgehead atoms. The first-order valence-corrected chi connectivity index (χ1v) is 8.44. The summed E-state index contributed by atoms with van der Waals surface area (Å²) in [7, 11) is 0. The second kappa shape index (κ2) is 11.0. The molecular weight excluding hydrogens is 312 g/mol. The maximum absolute atomic E-state index is 10.1. The average Bonchev–Trinajstić information content (AvgIpc) is 2.56. The number of aliphatic hydroxyl groups excluding tert-OH is 1. The summed E-state index contributed by atoms with van der Waals surface area (Å²) in [5, 5.41) is 10.1. The molecule has 2 atom stereocenters. The molecule has 1 aromatic carbocycles. The highest BCUT2D eigenvalue weighted by atomic mass is 35.5. The van der Waals surface area contributed by atoms with Gasteiger partial charge in [0.15, 0.2) is 0 Å². The Morgan fingerprint density at radius 1 is 1.04 bits per heavy atom. The van der Waals surface area contributed by atoms with Gasteiger partial charge in [-0.05, 0) is 12.1 Å². The Hall–Kier alpha value is -0.650. The van der Waals surface area contributed by atoms with Gasteiger partial charge in [0.2, 0.25) is 0 Å². The van der Waals surface area contributed by atoms with E-state index < -0.39 is 6.10 Å². The Kier molecular flexibility index (Phi) is 9.75. The van der Waals surface area contributed by atoms with E-state index >= 15 is 0 Å². The molecule has 1 saturated heterocycles. The monoisotopic (exact) mass is 342 g/mol. The summed E-state index contributed by atoms with van der Waals surface area (Å²) in [6.45, 7) is 11.6. The van der Waals surface area contributed by atoms with Crippen LogP contribution in [0.2, 0.25) is 0 Å². The largest absolute Gasteiger partial charge is 0.389 e. The molecule has 2 unspecified atom stereocenters. The first-order chi connectivity index (χ1) is 10.7. The Morgan fingerprint density at radius 2 is 1.65 bits per heavy atom. The van der Waals surface area contributed by atoms with Crippen LogP contribution < -0.4 is 0 Å². The van der Waals surface area contributed by atoms with Crippen LogP contribution in [0.4, 0.5) is 0 Å². The van der Waals surface area contributed by atoms with Crippen molar-refractivity contribution in [2.24, 2.45) is 0 Å². The SMILES string of the molecule is CCN1CCN(CC(O)COCC(C)c2ccccc2)CC1.Cl. The fourth-order valence-corrected chi connectivity index (χ4v) is 2.90. The molecule has 0 aliphatic carbocycles. The van der Waals surface area contributed by atoms with Crippen molar-refractivity contribution < 1.29 is 9.84 Å². The molecule has 0 amide bonds. The number of benzene rings is 1. The average molecular weight is 343 g/mol. The van der Waals surface area contributed by atoms with Crippen molar-refractivity contribution in [2.45, 2.75) is 25.9 Å². The van der Waals surface area contributed by atoms with Crippen LogP contribution in [0.3, 0.4) is 0 Å². The van der Waals surface area contributed by atoms with Gasteiger partial charge in [-0.25, -0.2) is 0 Å². The minimum absolute atomic E-state index is 0. The lowest BCUT2D eigenvalue weighted by Crippen LogP contribution is -2.48. The van der Waals surface area contributed by atoms with E-state index in [1.54, 1.807) is 0 Å². The number of likely N-dealkylation sites (N-methyl/N-ethyl adjacent to an activating group) is 1. The fraction of sp³-hybridized carbons (Fsp3) is 0.667. The maximum Gasteiger partial charge on any atom is 0.0900 e. The lowest BCUT2D eigenvalue weighted by atomic mass is 10.0. The van der Waals surface area contributed by atoms with Gasteiger partial charge in [-0.15, -0.1) is 12.4 Å². The van der Waals surface area contributed by atoms with Crippen molar-refractivity contribution in [1.82, 2.24) is 9.80 Å². The Morgan fingerprint density at radius 3 is 2.26 bits per heavy atom. The first-order valence-electron chi connectivity index (χ1n) is 8.44. The van der Waals surface area contributed by atoms with Crippen LogP contribution in [-0.2, 0) is 4.74 Å². The van der Waals surface area contributed by atoms with Crippen LogP contribution in [0.1, 0.15) is 25.3 Å². The Balaban J connectivity index is 0.00000264. The van der Waals surface area contributed by atoms with E-state index in [1.807, 2.05) is 6.07 Å². The smallest absolute Gasteiger partial charge is 0.0900 e. The lowest BCUT2D eigenvalue weighted by Gasteiger charge is -2.34. The number of hydrogen-bond acceptors (Lipinski definition) is 4. The molecule has 0 aromatic heterocycles. The third kappa shape index (κ3) is 7.19. The minimum Gasteiger partial charge on any atom is -0.389 e. The summed E-state index contributed by atoms with van der Waals surface area (Å²) in [4.78, 5) is 4.78. The fourth-order valence-electron chi connectivity index (χ4n) is 2.90. The van der Waals surface area contributed by atoms with Crippen LogP contribution in [0.25, 0.3) is 0 Å². The van der Waals surface area contributed by atoms with Gasteiger partial charge in [-0.2, -0.15) is 0 Å². The van der Waals surface area contributed by atoms with E-state index in [9.17, 15) is 5.11 Å². The first kappa shape index (κ1) is 20.4. The van der Waals surface area contributed by atoms with Crippen LogP contribution >= 0.6 is 12.4 Å². The Bertz CT molecular complexity index is 411. The van der Waals surface area contributed by atoms with Gasteiger partial charge < -0.3 is 14.7 Å². The van der Waals surface area contributed by atoms with Crippen molar-refractivity contribution >= 4 is 12.4 Å². The van der Waals surface area contributed by atoms with Gasteiger partial charge in [0, 0.05) is 38.6 Å². The zero-order valence-corrected chi connectivity index (χ0v) is 15.2. The lowest BCUT2D eigenvalue weighted by molar-refractivity contribution is 0.00458. The van der Waals surface area contributed by atoms with Crippen LogP contribution in [-0.4, -0.2) is 73.5 Å². The second-order valence-corrected chi connectivity index (χ2v) is 6.24. The van der Waals surface area contributed by atoms with Crippen LogP contribution in [0.5, 0.6) is 0 Å². The molecule has 1 N–H and O–H groups in total. The summed E-state index contributed by atoms with van der Waals surface area (Å²) in [5.74, 6) is 0.362. The molecule has 1 heterocycles. The van der Waals surface area contributed by atoms with Gasteiger partial charge >= 0.3 is 0 Å².